The van der Waals surface area contributed by atoms with Gasteiger partial charge in [-0.25, -0.2) is 0 Å². The van der Waals surface area contributed by atoms with Crippen LogP contribution < -0.4 is 10.1 Å². The molecule has 1 aliphatic carbocycles. The fourth-order valence-corrected chi connectivity index (χ4v) is 2.40. The van der Waals surface area contributed by atoms with Crippen molar-refractivity contribution in [2.75, 3.05) is 19.4 Å². The second-order valence-corrected chi connectivity index (χ2v) is 5.86. The SMILES string of the molecule is CSC1(CNC(=O)COc2ccc(C#N)cc2)CC1. The maximum atomic E-state index is 11.6. The standard InChI is InChI=1S/C14H16N2O2S/c1-19-14(6-7-14)10-16-13(17)9-18-12-4-2-11(8-15)3-5-12/h2-5H,6-7,9-10H2,1H3,(H,16,17). The zero-order chi connectivity index (χ0) is 13.7. The molecule has 0 bridgehead atoms. The number of carbonyl (C=O) groups excluding carboxylic acids is 1. The maximum Gasteiger partial charge on any atom is 0.257 e. The van der Waals surface area contributed by atoms with Crippen LogP contribution in [0.5, 0.6) is 5.75 Å². The van der Waals surface area contributed by atoms with Gasteiger partial charge in [-0.05, 0) is 43.4 Å². The molecule has 1 saturated carbocycles. The van der Waals surface area contributed by atoms with Gasteiger partial charge in [-0.3, -0.25) is 4.79 Å². The maximum absolute atomic E-state index is 11.6. The van der Waals surface area contributed by atoms with E-state index in [9.17, 15) is 4.79 Å². The topological polar surface area (TPSA) is 62.1 Å². The molecule has 1 N–H and O–H groups in total. The Morgan fingerprint density at radius 3 is 2.68 bits per heavy atom. The summed E-state index contributed by atoms with van der Waals surface area (Å²) in [5.41, 5.74) is 0.576. The summed E-state index contributed by atoms with van der Waals surface area (Å²) in [7, 11) is 0. The molecule has 0 aliphatic heterocycles. The molecule has 1 amide bonds. The Balaban J connectivity index is 1.72. The molecule has 100 valence electrons. The first-order chi connectivity index (χ1) is 9.17. The zero-order valence-corrected chi connectivity index (χ0v) is 11.6. The van der Waals surface area contributed by atoms with E-state index in [0.29, 0.717) is 17.9 Å². The molecular weight excluding hydrogens is 260 g/mol. The first-order valence-electron chi connectivity index (χ1n) is 6.12. The van der Waals surface area contributed by atoms with E-state index in [0.717, 1.165) is 0 Å². The minimum atomic E-state index is -0.107. The van der Waals surface area contributed by atoms with Gasteiger partial charge in [0.2, 0.25) is 0 Å². The van der Waals surface area contributed by atoms with Crippen molar-refractivity contribution in [2.24, 2.45) is 0 Å². The lowest BCUT2D eigenvalue weighted by atomic mass is 10.2. The van der Waals surface area contributed by atoms with E-state index < -0.39 is 0 Å². The highest BCUT2D eigenvalue weighted by Gasteiger charge is 2.41. The van der Waals surface area contributed by atoms with Crippen LogP contribution in [0.15, 0.2) is 24.3 Å². The van der Waals surface area contributed by atoms with Crippen molar-refractivity contribution < 1.29 is 9.53 Å². The highest BCUT2D eigenvalue weighted by atomic mass is 32.2. The van der Waals surface area contributed by atoms with Crippen LogP contribution in [0.25, 0.3) is 0 Å². The first kappa shape index (κ1) is 13.8. The third-order valence-electron chi connectivity index (χ3n) is 3.20. The zero-order valence-electron chi connectivity index (χ0n) is 10.8. The number of benzene rings is 1. The average molecular weight is 276 g/mol. The largest absolute Gasteiger partial charge is 0.484 e. The molecule has 5 heteroatoms. The Morgan fingerprint density at radius 1 is 1.47 bits per heavy atom. The van der Waals surface area contributed by atoms with Gasteiger partial charge in [0.05, 0.1) is 11.6 Å². The van der Waals surface area contributed by atoms with Gasteiger partial charge < -0.3 is 10.1 Å². The number of carbonyl (C=O) groups is 1. The second kappa shape index (κ2) is 5.98. The van der Waals surface area contributed by atoms with Crippen LogP contribution >= 0.6 is 11.8 Å². The van der Waals surface area contributed by atoms with Gasteiger partial charge in [-0.15, -0.1) is 0 Å². The Bertz CT molecular complexity index is 489. The van der Waals surface area contributed by atoms with Crippen LogP contribution in [0.2, 0.25) is 0 Å². The summed E-state index contributed by atoms with van der Waals surface area (Å²) < 4.78 is 5.63. The number of hydrogen-bond acceptors (Lipinski definition) is 4. The first-order valence-corrected chi connectivity index (χ1v) is 7.35. The number of nitriles is 1. The van der Waals surface area contributed by atoms with Crippen molar-refractivity contribution in [2.45, 2.75) is 17.6 Å². The smallest absolute Gasteiger partial charge is 0.257 e. The number of ether oxygens (including phenoxy) is 1. The second-order valence-electron chi connectivity index (χ2n) is 4.59. The molecule has 4 nitrogen and oxygen atoms in total. The number of thioether (sulfide) groups is 1. The van der Waals surface area contributed by atoms with Crippen molar-refractivity contribution >= 4 is 17.7 Å². The van der Waals surface area contributed by atoms with Gasteiger partial charge in [0.25, 0.3) is 5.91 Å². The Labute approximate surface area is 117 Å². The molecule has 0 radical (unpaired) electrons. The molecule has 1 fully saturated rings. The number of nitrogens with zero attached hydrogens (tertiary/aromatic N) is 1. The fourth-order valence-electron chi connectivity index (χ4n) is 1.68. The summed E-state index contributed by atoms with van der Waals surface area (Å²) in [4.78, 5) is 11.6. The predicted octanol–water partition coefficient (Wildman–Crippen LogP) is 1.95. The van der Waals surface area contributed by atoms with Crippen molar-refractivity contribution in [3.63, 3.8) is 0 Å². The molecule has 2 rings (SSSR count). The summed E-state index contributed by atoms with van der Waals surface area (Å²) >= 11 is 1.81. The van der Waals surface area contributed by atoms with E-state index >= 15 is 0 Å². The summed E-state index contributed by atoms with van der Waals surface area (Å²) in [6.45, 7) is 0.722. The number of rotatable bonds is 6. The van der Waals surface area contributed by atoms with E-state index in [1.807, 2.05) is 17.8 Å². The van der Waals surface area contributed by atoms with Gasteiger partial charge in [0.15, 0.2) is 6.61 Å². The van der Waals surface area contributed by atoms with Gasteiger partial charge in [0.1, 0.15) is 5.75 Å². The minimum Gasteiger partial charge on any atom is -0.484 e. The lowest BCUT2D eigenvalue weighted by Gasteiger charge is -2.13. The van der Waals surface area contributed by atoms with Crippen molar-refractivity contribution in [3.05, 3.63) is 29.8 Å². The molecule has 1 aliphatic rings. The molecule has 0 aromatic heterocycles. The molecule has 19 heavy (non-hydrogen) atoms. The Hall–Kier alpha value is -1.67. The lowest BCUT2D eigenvalue weighted by Crippen LogP contribution is -2.35. The highest BCUT2D eigenvalue weighted by Crippen LogP contribution is 2.46. The minimum absolute atomic E-state index is 0.0103. The van der Waals surface area contributed by atoms with E-state index in [4.69, 9.17) is 10.00 Å². The average Bonchev–Trinajstić information content (AvgIpc) is 3.24. The van der Waals surface area contributed by atoms with Gasteiger partial charge in [-0.2, -0.15) is 17.0 Å². The molecule has 0 unspecified atom stereocenters. The molecular formula is C14H16N2O2S. The van der Waals surface area contributed by atoms with Gasteiger partial charge in [0, 0.05) is 11.3 Å². The normalized spacial score (nSPS) is 15.4. The Morgan fingerprint density at radius 2 is 2.16 bits per heavy atom. The number of amides is 1. The molecule has 0 saturated heterocycles. The van der Waals surface area contributed by atoms with E-state index in [1.54, 1.807) is 24.3 Å². The molecule has 1 aromatic carbocycles. The van der Waals surface area contributed by atoms with Crippen LogP contribution in [-0.2, 0) is 4.79 Å². The lowest BCUT2D eigenvalue weighted by molar-refractivity contribution is -0.123. The Kier molecular flexibility index (Phi) is 4.33. The molecule has 0 spiro atoms. The van der Waals surface area contributed by atoms with Crippen molar-refractivity contribution in [1.29, 1.82) is 5.26 Å². The molecule has 0 heterocycles. The van der Waals surface area contributed by atoms with E-state index in [2.05, 4.69) is 11.6 Å². The van der Waals surface area contributed by atoms with Crippen LogP contribution in [-0.4, -0.2) is 30.1 Å². The van der Waals surface area contributed by atoms with E-state index in [1.165, 1.54) is 12.8 Å². The van der Waals surface area contributed by atoms with Crippen molar-refractivity contribution in [1.82, 2.24) is 5.32 Å². The summed E-state index contributed by atoms with van der Waals surface area (Å²) in [6.07, 6.45) is 4.42. The quantitative estimate of drug-likeness (QED) is 0.862. The van der Waals surface area contributed by atoms with Crippen LogP contribution in [0, 0.1) is 11.3 Å². The van der Waals surface area contributed by atoms with Crippen molar-refractivity contribution in [3.8, 4) is 11.8 Å². The van der Waals surface area contributed by atoms with Crippen LogP contribution in [0.3, 0.4) is 0 Å². The predicted molar refractivity (Wildman–Crippen MR) is 75.1 cm³/mol. The van der Waals surface area contributed by atoms with Crippen LogP contribution in [0.4, 0.5) is 0 Å². The van der Waals surface area contributed by atoms with Crippen LogP contribution in [0.1, 0.15) is 18.4 Å². The number of nitrogens with one attached hydrogen (secondary N) is 1. The third-order valence-corrected chi connectivity index (χ3v) is 4.62. The molecule has 0 atom stereocenters. The van der Waals surface area contributed by atoms with E-state index in [-0.39, 0.29) is 17.3 Å². The summed E-state index contributed by atoms with van der Waals surface area (Å²) in [5, 5.41) is 11.6. The molecule has 1 aromatic rings. The number of hydrogen-bond donors (Lipinski definition) is 1. The monoisotopic (exact) mass is 276 g/mol. The third kappa shape index (κ3) is 3.90. The fraction of sp³-hybridized carbons (Fsp3) is 0.429. The summed E-state index contributed by atoms with van der Waals surface area (Å²) in [5.74, 6) is 0.491. The van der Waals surface area contributed by atoms with Gasteiger partial charge in [-0.1, -0.05) is 0 Å². The highest BCUT2D eigenvalue weighted by molar-refractivity contribution is 8.00. The van der Waals surface area contributed by atoms with Gasteiger partial charge >= 0.3 is 0 Å². The summed E-state index contributed by atoms with van der Waals surface area (Å²) in [6, 6.07) is 8.75.